The number of guanidine groups is 1. The molecule has 31 heavy (non-hydrogen) atoms. The van der Waals surface area contributed by atoms with Crippen LogP contribution in [-0.4, -0.2) is 27.6 Å². The van der Waals surface area contributed by atoms with E-state index < -0.39 is 0 Å². The highest BCUT2D eigenvalue weighted by atomic mass is 35.5. The van der Waals surface area contributed by atoms with Gasteiger partial charge in [-0.15, -0.1) is 0 Å². The molecule has 0 amide bonds. The third-order valence-electron chi connectivity index (χ3n) is 4.15. The first kappa shape index (κ1) is 22.6. The van der Waals surface area contributed by atoms with Gasteiger partial charge >= 0.3 is 0 Å². The summed E-state index contributed by atoms with van der Waals surface area (Å²) in [6.07, 6.45) is 0.631. The molecule has 0 atom stereocenters. The van der Waals surface area contributed by atoms with Crippen molar-refractivity contribution < 1.29 is 4.39 Å². The Morgan fingerprint density at radius 2 is 1.71 bits per heavy atom. The second kappa shape index (κ2) is 10.8. The van der Waals surface area contributed by atoms with Gasteiger partial charge in [0.05, 0.1) is 10.7 Å². The van der Waals surface area contributed by atoms with Gasteiger partial charge in [-0.25, -0.2) is 14.4 Å². The van der Waals surface area contributed by atoms with E-state index in [0.29, 0.717) is 40.7 Å². The molecule has 3 aromatic rings. The molecule has 9 heteroatoms. The number of hydrogen-bond donors (Lipinski definition) is 3. The lowest BCUT2D eigenvalue weighted by Gasteiger charge is -2.15. The number of benzene rings is 2. The van der Waals surface area contributed by atoms with Gasteiger partial charge in [0.1, 0.15) is 5.82 Å². The first-order valence-corrected chi connectivity index (χ1v) is 10.4. The molecule has 2 aromatic carbocycles. The topological polar surface area (TPSA) is 74.2 Å². The largest absolute Gasteiger partial charge is 0.331 e. The number of aromatic nitrogens is 2. The molecule has 3 N–H and O–H groups in total. The van der Waals surface area contributed by atoms with Crippen LogP contribution in [0.25, 0.3) is 0 Å². The second-order valence-corrected chi connectivity index (χ2v) is 7.58. The standard InChI is InChI=1S/C22H22ClFN6S/c1-14-13-15(2)27-21(26-14)29-20(25-12-11-16-7-9-17(24)10-8-16)30-22(31)28-19-6-4-3-5-18(19)23/h3-10,13H,11-12H2,1-2H3,(H3,25,26,27,28,29,30,31). The fraction of sp³-hybridized carbons (Fsp3) is 0.182. The van der Waals surface area contributed by atoms with Gasteiger partial charge in [-0.1, -0.05) is 35.9 Å². The summed E-state index contributed by atoms with van der Waals surface area (Å²) in [5.74, 6) is 0.530. The molecule has 0 fully saturated rings. The molecular formula is C22H22ClFN6S. The zero-order valence-electron chi connectivity index (χ0n) is 17.1. The van der Waals surface area contributed by atoms with Crippen molar-refractivity contribution in [3.8, 4) is 0 Å². The molecule has 0 spiro atoms. The molecule has 0 aliphatic heterocycles. The summed E-state index contributed by atoms with van der Waals surface area (Å²) in [6, 6.07) is 15.5. The molecule has 3 rings (SSSR count). The summed E-state index contributed by atoms with van der Waals surface area (Å²) in [4.78, 5) is 13.3. The van der Waals surface area contributed by atoms with E-state index in [1.165, 1.54) is 12.1 Å². The molecule has 160 valence electrons. The van der Waals surface area contributed by atoms with Crippen LogP contribution in [0.1, 0.15) is 17.0 Å². The molecular weight excluding hydrogens is 435 g/mol. The summed E-state index contributed by atoms with van der Waals surface area (Å²) < 4.78 is 13.1. The van der Waals surface area contributed by atoms with Crippen molar-refractivity contribution in [3.63, 3.8) is 0 Å². The van der Waals surface area contributed by atoms with Crippen molar-refractivity contribution >= 4 is 46.5 Å². The number of aryl methyl sites for hydroxylation is 2. The van der Waals surface area contributed by atoms with Crippen LogP contribution >= 0.6 is 23.8 Å². The Labute approximate surface area is 191 Å². The number of rotatable bonds is 5. The molecule has 0 radical (unpaired) electrons. The summed E-state index contributed by atoms with van der Waals surface area (Å²) in [5, 5.41) is 10.0. The summed E-state index contributed by atoms with van der Waals surface area (Å²) in [6.45, 7) is 4.23. The molecule has 0 unspecified atom stereocenters. The number of hydrogen-bond acceptors (Lipinski definition) is 4. The number of halogens is 2. The van der Waals surface area contributed by atoms with E-state index in [-0.39, 0.29) is 5.82 Å². The van der Waals surface area contributed by atoms with E-state index in [1.807, 2.05) is 38.1 Å². The number of anilines is 2. The first-order valence-electron chi connectivity index (χ1n) is 9.60. The van der Waals surface area contributed by atoms with Crippen LogP contribution in [-0.2, 0) is 6.42 Å². The predicted octanol–water partition coefficient (Wildman–Crippen LogP) is 4.88. The first-order chi connectivity index (χ1) is 14.9. The molecule has 0 saturated carbocycles. The molecule has 0 bridgehead atoms. The SMILES string of the molecule is Cc1cc(C)nc(NC(=NCCc2ccc(F)cc2)NC(=S)Nc2ccccc2Cl)n1. The van der Waals surface area contributed by atoms with E-state index in [4.69, 9.17) is 23.8 Å². The third kappa shape index (κ3) is 7.27. The molecule has 0 aliphatic rings. The number of nitrogens with zero attached hydrogens (tertiary/aromatic N) is 3. The third-order valence-corrected chi connectivity index (χ3v) is 4.68. The number of aliphatic imine (C=N–C) groups is 1. The Morgan fingerprint density at radius 3 is 2.39 bits per heavy atom. The van der Waals surface area contributed by atoms with Gasteiger partial charge in [0.25, 0.3) is 0 Å². The van der Waals surface area contributed by atoms with Crippen molar-refractivity contribution in [2.75, 3.05) is 17.2 Å². The van der Waals surface area contributed by atoms with Crippen molar-refractivity contribution in [3.05, 3.63) is 82.4 Å². The Morgan fingerprint density at radius 1 is 1.03 bits per heavy atom. The Kier molecular flexibility index (Phi) is 7.86. The lowest BCUT2D eigenvalue weighted by atomic mass is 10.1. The fourth-order valence-corrected chi connectivity index (χ4v) is 3.16. The van der Waals surface area contributed by atoms with Gasteiger partial charge in [0, 0.05) is 17.9 Å². The minimum atomic E-state index is -0.265. The average molecular weight is 457 g/mol. The maximum Gasteiger partial charge on any atom is 0.229 e. The van der Waals surface area contributed by atoms with Crippen LogP contribution in [0.4, 0.5) is 16.0 Å². The van der Waals surface area contributed by atoms with E-state index in [0.717, 1.165) is 17.0 Å². The van der Waals surface area contributed by atoms with Crippen LogP contribution < -0.4 is 16.0 Å². The maximum absolute atomic E-state index is 13.1. The van der Waals surface area contributed by atoms with Gasteiger partial charge in [0.15, 0.2) is 5.11 Å². The van der Waals surface area contributed by atoms with Crippen molar-refractivity contribution in [2.24, 2.45) is 4.99 Å². The highest BCUT2D eigenvalue weighted by molar-refractivity contribution is 7.80. The van der Waals surface area contributed by atoms with Crippen LogP contribution in [0.2, 0.25) is 5.02 Å². The molecule has 6 nitrogen and oxygen atoms in total. The van der Waals surface area contributed by atoms with E-state index in [9.17, 15) is 4.39 Å². The number of para-hydroxylation sites is 1. The van der Waals surface area contributed by atoms with Crippen LogP contribution in [0, 0.1) is 19.7 Å². The maximum atomic E-state index is 13.1. The Hall–Kier alpha value is -3.10. The van der Waals surface area contributed by atoms with Crippen molar-refractivity contribution in [2.45, 2.75) is 20.3 Å². The van der Waals surface area contributed by atoms with Gasteiger partial charge in [0.2, 0.25) is 11.9 Å². The smallest absolute Gasteiger partial charge is 0.229 e. The zero-order chi connectivity index (χ0) is 22.2. The Bertz CT molecular complexity index is 1070. The van der Waals surface area contributed by atoms with Crippen LogP contribution in [0.5, 0.6) is 0 Å². The lowest BCUT2D eigenvalue weighted by molar-refractivity contribution is 0.627. The van der Waals surface area contributed by atoms with Gasteiger partial charge in [-0.3, -0.25) is 10.3 Å². The summed E-state index contributed by atoms with van der Waals surface area (Å²) >= 11 is 11.6. The van der Waals surface area contributed by atoms with Gasteiger partial charge in [-0.05, 0) is 68.4 Å². The van der Waals surface area contributed by atoms with Gasteiger partial charge < -0.3 is 10.6 Å². The molecule has 1 heterocycles. The van der Waals surface area contributed by atoms with Crippen LogP contribution in [0.3, 0.4) is 0 Å². The zero-order valence-corrected chi connectivity index (χ0v) is 18.7. The van der Waals surface area contributed by atoms with E-state index in [1.54, 1.807) is 18.2 Å². The fourth-order valence-electron chi connectivity index (χ4n) is 2.77. The van der Waals surface area contributed by atoms with E-state index in [2.05, 4.69) is 30.9 Å². The monoisotopic (exact) mass is 456 g/mol. The highest BCUT2D eigenvalue weighted by Gasteiger charge is 2.08. The number of thiocarbonyl (C=S) groups is 1. The molecule has 0 aliphatic carbocycles. The molecule has 0 saturated heterocycles. The predicted molar refractivity (Wildman–Crippen MR) is 128 cm³/mol. The van der Waals surface area contributed by atoms with E-state index >= 15 is 0 Å². The van der Waals surface area contributed by atoms with Crippen molar-refractivity contribution in [1.29, 1.82) is 0 Å². The van der Waals surface area contributed by atoms with Gasteiger partial charge in [-0.2, -0.15) is 0 Å². The highest BCUT2D eigenvalue weighted by Crippen LogP contribution is 2.20. The van der Waals surface area contributed by atoms with Crippen molar-refractivity contribution in [1.82, 2.24) is 15.3 Å². The summed E-state index contributed by atoms with van der Waals surface area (Å²) in [7, 11) is 0. The quantitative estimate of drug-likeness (QED) is 0.288. The average Bonchev–Trinajstić information content (AvgIpc) is 2.70. The second-order valence-electron chi connectivity index (χ2n) is 6.77. The number of nitrogens with one attached hydrogen (secondary N) is 3. The summed E-state index contributed by atoms with van der Waals surface area (Å²) in [5.41, 5.74) is 3.31. The Balaban J connectivity index is 1.73. The minimum absolute atomic E-state index is 0.265. The minimum Gasteiger partial charge on any atom is -0.331 e. The molecule has 1 aromatic heterocycles. The lowest BCUT2D eigenvalue weighted by Crippen LogP contribution is -2.39. The van der Waals surface area contributed by atoms with Crippen LogP contribution in [0.15, 0.2) is 59.6 Å². The normalized spacial score (nSPS) is 11.2.